The number of carbonyl (C=O) groups excluding carboxylic acids is 1. The standard InChI is InChI=1S/C14H19N5OS/c1-11-10-21-13(17-11)8-15-14(20)19-7-2-4-12(19)9-18-6-3-5-16-18/h3,5-6,10,12H,2,4,7-9H2,1H3,(H,15,20). The number of hydrogen-bond acceptors (Lipinski definition) is 4. The number of amides is 2. The summed E-state index contributed by atoms with van der Waals surface area (Å²) in [6.07, 6.45) is 5.79. The monoisotopic (exact) mass is 305 g/mol. The first-order valence-corrected chi connectivity index (χ1v) is 8.03. The van der Waals surface area contributed by atoms with Gasteiger partial charge in [0.1, 0.15) is 5.01 Å². The van der Waals surface area contributed by atoms with Gasteiger partial charge in [-0.2, -0.15) is 5.10 Å². The lowest BCUT2D eigenvalue weighted by atomic mass is 10.2. The number of nitrogens with one attached hydrogen (secondary N) is 1. The molecule has 21 heavy (non-hydrogen) atoms. The molecule has 112 valence electrons. The van der Waals surface area contributed by atoms with Crippen LogP contribution in [0.5, 0.6) is 0 Å². The summed E-state index contributed by atoms with van der Waals surface area (Å²) >= 11 is 1.58. The highest BCUT2D eigenvalue weighted by Gasteiger charge is 2.28. The molecule has 6 nitrogen and oxygen atoms in total. The zero-order chi connectivity index (χ0) is 14.7. The highest BCUT2D eigenvalue weighted by Crippen LogP contribution is 2.19. The predicted octanol–water partition coefficient (Wildman–Crippen LogP) is 2.02. The molecular formula is C14H19N5OS. The highest BCUT2D eigenvalue weighted by atomic mass is 32.1. The van der Waals surface area contributed by atoms with Crippen molar-refractivity contribution >= 4 is 17.4 Å². The zero-order valence-corrected chi connectivity index (χ0v) is 12.8. The Morgan fingerprint density at radius 1 is 1.57 bits per heavy atom. The summed E-state index contributed by atoms with van der Waals surface area (Å²) in [6.45, 7) is 4.04. The molecule has 7 heteroatoms. The first-order valence-electron chi connectivity index (χ1n) is 7.15. The molecule has 3 rings (SSSR count). The normalized spacial score (nSPS) is 18.1. The Morgan fingerprint density at radius 2 is 2.48 bits per heavy atom. The third-order valence-corrected chi connectivity index (χ3v) is 4.62. The molecule has 2 aromatic heterocycles. The third kappa shape index (κ3) is 3.41. The summed E-state index contributed by atoms with van der Waals surface area (Å²) in [5.41, 5.74) is 1.00. The first kappa shape index (κ1) is 14.1. The lowest BCUT2D eigenvalue weighted by Crippen LogP contribution is -2.44. The molecule has 1 unspecified atom stereocenters. The van der Waals surface area contributed by atoms with Crippen LogP contribution in [-0.4, -0.2) is 38.3 Å². The number of hydrogen-bond donors (Lipinski definition) is 1. The third-order valence-electron chi connectivity index (χ3n) is 3.65. The van der Waals surface area contributed by atoms with Gasteiger partial charge in [0, 0.05) is 30.0 Å². The fourth-order valence-electron chi connectivity index (χ4n) is 2.65. The van der Waals surface area contributed by atoms with Crippen LogP contribution in [0.25, 0.3) is 0 Å². The lowest BCUT2D eigenvalue weighted by molar-refractivity contribution is 0.185. The lowest BCUT2D eigenvalue weighted by Gasteiger charge is -2.24. The molecule has 1 N–H and O–H groups in total. The minimum atomic E-state index is -0.00231. The van der Waals surface area contributed by atoms with Gasteiger partial charge in [0.05, 0.1) is 19.1 Å². The molecule has 2 amide bonds. The van der Waals surface area contributed by atoms with Crippen LogP contribution in [0, 0.1) is 6.92 Å². The van der Waals surface area contributed by atoms with Crippen molar-refractivity contribution in [3.05, 3.63) is 34.5 Å². The molecule has 1 aliphatic rings. The van der Waals surface area contributed by atoms with Crippen LogP contribution in [0.4, 0.5) is 4.79 Å². The van der Waals surface area contributed by atoms with Gasteiger partial charge in [0.25, 0.3) is 0 Å². The summed E-state index contributed by atoms with van der Waals surface area (Å²) < 4.78 is 1.89. The molecule has 0 radical (unpaired) electrons. The van der Waals surface area contributed by atoms with E-state index in [1.165, 1.54) is 0 Å². The van der Waals surface area contributed by atoms with Crippen molar-refractivity contribution in [1.29, 1.82) is 0 Å². The van der Waals surface area contributed by atoms with Crippen molar-refractivity contribution in [3.63, 3.8) is 0 Å². The fourth-order valence-corrected chi connectivity index (χ4v) is 3.37. The average molecular weight is 305 g/mol. The van der Waals surface area contributed by atoms with Crippen molar-refractivity contribution in [2.24, 2.45) is 0 Å². The molecule has 0 aromatic carbocycles. The summed E-state index contributed by atoms with van der Waals surface area (Å²) in [6, 6.07) is 2.13. The second-order valence-corrected chi connectivity index (χ2v) is 6.20. The van der Waals surface area contributed by atoms with E-state index in [2.05, 4.69) is 15.4 Å². The van der Waals surface area contributed by atoms with E-state index in [1.807, 2.05) is 34.1 Å². The fraction of sp³-hybridized carbons (Fsp3) is 0.500. The van der Waals surface area contributed by atoms with Crippen LogP contribution in [0.1, 0.15) is 23.5 Å². The molecule has 0 aliphatic carbocycles. The molecule has 3 heterocycles. The Bertz CT molecular complexity index is 594. The van der Waals surface area contributed by atoms with Crippen LogP contribution in [-0.2, 0) is 13.1 Å². The van der Waals surface area contributed by atoms with Crippen LogP contribution in [0.3, 0.4) is 0 Å². The van der Waals surface area contributed by atoms with Gasteiger partial charge in [0.15, 0.2) is 0 Å². The van der Waals surface area contributed by atoms with Crippen molar-refractivity contribution in [3.8, 4) is 0 Å². The van der Waals surface area contributed by atoms with Gasteiger partial charge >= 0.3 is 6.03 Å². The van der Waals surface area contributed by atoms with E-state index in [1.54, 1.807) is 17.5 Å². The van der Waals surface area contributed by atoms with Gasteiger partial charge in [-0.05, 0) is 25.8 Å². The van der Waals surface area contributed by atoms with E-state index >= 15 is 0 Å². The Labute approximate surface area is 127 Å². The van der Waals surface area contributed by atoms with Crippen LogP contribution >= 0.6 is 11.3 Å². The van der Waals surface area contributed by atoms with Gasteiger partial charge < -0.3 is 10.2 Å². The summed E-state index contributed by atoms with van der Waals surface area (Å²) in [4.78, 5) is 18.6. The molecule has 0 spiro atoms. The number of urea groups is 1. The minimum Gasteiger partial charge on any atom is -0.331 e. The molecular weight excluding hydrogens is 286 g/mol. The first-order chi connectivity index (χ1) is 10.2. The molecule has 0 saturated carbocycles. The Morgan fingerprint density at radius 3 is 3.19 bits per heavy atom. The van der Waals surface area contributed by atoms with Crippen molar-refractivity contribution in [1.82, 2.24) is 25.0 Å². The number of rotatable bonds is 4. The number of aryl methyl sites for hydroxylation is 1. The predicted molar refractivity (Wildman–Crippen MR) is 81.0 cm³/mol. The highest BCUT2D eigenvalue weighted by molar-refractivity contribution is 7.09. The Kier molecular flexibility index (Phi) is 4.19. The van der Waals surface area contributed by atoms with Gasteiger partial charge in [-0.3, -0.25) is 4.68 Å². The topological polar surface area (TPSA) is 63.1 Å². The maximum absolute atomic E-state index is 12.3. The summed E-state index contributed by atoms with van der Waals surface area (Å²) in [5.74, 6) is 0. The van der Waals surface area contributed by atoms with Gasteiger partial charge in [0.2, 0.25) is 0 Å². The maximum atomic E-state index is 12.3. The molecule has 1 atom stereocenters. The average Bonchev–Trinajstić information content (AvgIpc) is 3.19. The number of aromatic nitrogens is 3. The number of thiazole rings is 1. The number of nitrogens with zero attached hydrogens (tertiary/aromatic N) is 4. The van der Waals surface area contributed by atoms with E-state index in [4.69, 9.17) is 0 Å². The Balaban J connectivity index is 1.55. The van der Waals surface area contributed by atoms with E-state index in [9.17, 15) is 4.79 Å². The van der Waals surface area contributed by atoms with Crippen molar-refractivity contribution < 1.29 is 4.79 Å². The van der Waals surface area contributed by atoms with E-state index in [-0.39, 0.29) is 12.1 Å². The molecule has 1 saturated heterocycles. The van der Waals surface area contributed by atoms with Gasteiger partial charge in [-0.25, -0.2) is 9.78 Å². The second kappa shape index (κ2) is 6.26. The second-order valence-electron chi connectivity index (χ2n) is 5.26. The van der Waals surface area contributed by atoms with Crippen LogP contribution in [0.15, 0.2) is 23.8 Å². The van der Waals surface area contributed by atoms with Gasteiger partial charge in [-0.15, -0.1) is 11.3 Å². The van der Waals surface area contributed by atoms with Crippen molar-refractivity contribution in [2.45, 2.75) is 38.9 Å². The Hall–Kier alpha value is -1.89. The summed E-state index contributed by atoms with van der Waals surface area (Å²) in [7, 11) is 0. The van der Waals surface area contributed by atoms with E-state index in [0.717, 1.165) is 36.6 Å². The number of carbonyl (C=O) groups is 1. The largest absolute Gasteiger partial charge is 0.331 e. The SMILES string of the molecule is Cc1csc(CNC(=O)N2CCCC2Cn2cccn2)n1. The van der Waals surface area contributed by atoms with Crippen LogP contribution < -0.4 is 5.32 Å². The molecule has 2 aromatic rings. The minimum absolute atomic E-state index is 0.00231. The molecule has 1 fully saturated rings. The molecule has 1 aliphatic heterocycles. The van der Waals surface area contributed by atoms with E-state index < -0.39 is 0 Å². The zero-order valence-electron chi connectivity index (χ0n) is 12.0. The smallest absolute Gasteiger partial charge is 0.318 e. The maximum Gasteiger partial charge on any atom is 0.318 e. The van der Waals surface area contributed by atoms with E-state index in [0.29, 0.717) is 6.54 Å². The van der Waals surface area contributed by atoms with Crippen LogP contribution in [0.2, 0.25) is 0 Å². The van der Waals surface area contributed by atoms with Crippen molar-refractivity contribution in [2.75, 3.05) is 6.54 Å². The number of likely N-dealkylation sites (tertiary alicyclic amines) is 1. The molecule has 0 bridgehead atoms. The summed E-state index contributed by atoms with van der Waals surface area (Å²) in [5, 5.41) is 10.1. The quantitative estimate of drug-likeness (QED) is 0.940. The van der Waals surface area contributed by atoms with Gasteiger partial charge in [-0.1, -0.05) is 0 Å².